The van der Waals surface area contributed by atoms with Crippen LogP contribution in [0.1, 0.15) is 38.8 Å². The maximum atomic E-state index is 5.59. The quantitative estimate of drug-likeness (QED) is 0.864. The average Bonchev–Trinajstić information content (AvgIpc) is 2.50. The highest BCUT2D eigenvalue weighted by Crippen LogP contribution is 2.26. The normalized spacial score (nSPS) is 23.4. The lowest BCUT2D eigenvalue weighted by Crippen LogP contribution is -2.53. The van der Waals surface area contributed by atoms with E-state index >= 15 is 0 Å². The number of nitrogens with zero attached hydrogens (tertiary/aromatic N) is 1. The van der Waals surface area contributed by atoms with Crippen molar-refractivity contribution in [2.24, 2.45) is 0 Å². The molecule has 0 aromatic heterocycles. The Morgan fingerprint density at radius 3 is 2.65 bits per heavy atom. The first-order valence-corrected chi connectivity index (χ1v) is 7.89. The molecule has 1 saturated heterocycles. The van der Waals surface area contributed by atoms with Crippen molar-refractivity contribution < 1.29 is 4.74 Å². The summed E-state index contributed by atoms with van der Waals surface area (Å²) in [6.07, 6.45) is 1.15. The third-order valence-electron chi connectivity index (χ3n) is 4.23. The van der Waals surface area contributed by atoms with E-state index < -0.39 is 0 Å². The van der Waals surface area contributed by atoms with Gasteiger partial charge in [-0.15, -0.1) is 0 Å². The first-order valence-electron chi connectivity index (χ1n) is 7.89. The first-order chi connectivity index (χ1) is 9.77. The van der Waals surface area contributed by atoms with Crippen LogP contribution in [0.2, 0.25) is 0 Å². The summed E-state index contributed by atoms with van der Waals surface area (Å²) in [6, 6.07) is 12.2. The van der Waals surface area contributed by atoms with Gasteiger partial charge in [0.1, 0.15) is 0 Å². The number of hydrogen-bond acceptors (Lipinski definition) is 3. The van der Waals surface area contributed by atoms with Gasteiger partial charge in [-0.25, -0.2) is 0 Å². The van der Waals surface area contributed by atoms with Crippen molar-refractivity contribution in [2.45, 2.75) is 45.3 Å². The fourth-order valence-electron chi connectivity index (χ4n) is 3.25. The minimum absolute atomic E-state index is 0.395. The molecule has 1 N–H and O–H groups in total. The average molecular weight is 276 g/mol. The van der Waals surface area contributed by atoms with E-state index in [1.807, 2.05) is 0 Å². The van der Waals surface area contributed by atoms with Gasteiger partial charge >= 0.3 is 0 Å². The number of likely N-dealkylation sites (N-methyl/N-ethyl adjacent to an activating group) is 1. The van der Waals surface area contributed by atoms with E-state index in [-0.39, 0.29) is 0 Å². The maximum absolute atomic E-state index is 5.59. The van der Waals surface area contributed by atoms with Crippen LogP contribution in [0.4, 0.5) is 0 Å². The molecular weight excluding hydrogens is 248 g/mol. The molecule has 0 bridgehead atoms. The second-order valence-electron chi connectivity index (χ2n) is 5.58. The van der Waals surface area contributed by atoms with Crippen molar-refractivity contribution in [3.05, 3.63) is 35.9 Å². The van der Waals surface area contributed by atoms with Gasteiger partial charge in [0.15, 0.2) is 0 Å². The monoisotopic (exact) mass is 276 g/mol. The number of rotatable bonds is 6. The van der Waals surface area contributed by atoms with Gasteiger partial charge in [-0.1, -0.05) is 44.2 Å². The van der Waals surface area contributed by atoms with E-state index in [4.69, 9.17) is 4.74 Å². The Morgan fingerprint density at radius 1 is 1.30 bits per heavy atom. The van der Waals surface area contributed by atoms with E-state index in [1.54, 1.807) is 0 Å². The molecular formula is C17H28N2O. The summed E-state index contributed by atoms with van der Waals surface area (Å²) < 4.78 is 5.59. The molecule has 0 radical (unpaired) electrons. The predicted molar refractivity (Wildman–Crippen MR) is 83.9 cm³/mol. The zero-order chi connectivity index (χ0) is 14.4. The molecule has 0 amide bonds. The largest absolute Gasteiger partial charge is 0.379 e. The van der Waals surface area contributed by atoms with Gasteiger partial charge in [-0.2, -0.15) is 0 Å². The SMILES string of the molecule is CCNC(c1ccccc1)C(CC)N1CCOCC1C. The van der Waals surface area contributed by atoms with Crippen LogP contribution in [0.25, 0.3) is 0 Å². The number of nitrogens with one attached hydrogen (secondary N) is 1. The highest BCUT2D eigenvalue weighted by atomic mass is 16.5. The Kier molecular flexibility index (Phi) is 6.02. The molecule has 0 saturated carbocycles. The molecule has 0 aliphatic carbocycles. The van der Waals surface area contributed by atoms with E-state index in [2.05, 4.69) is 61.3 Å². The van der Waals surface area contributed by atoms with Crippen LogP contribution in [0.3, 0.4) is 0 Å². The fraction of sp³-hybridized carbons (Fsp3) is 0.647. The van der Waals surface area contributed by atoms with E-state index in [0.717, 1.165) is 32.7 Å². The molecule has 2 rings (SSSR count). The summed E-state index contributed by atoms with van der Waals surface area (Å²) in [5, 5.41) is 3.69. The number of ether oxygens (including phenoxy) is 1. The molecule has 1 aromatic carbocycles. The smallest absolute Gasteiger partial charge is 0.0619 e. The topological polar surface area (TPSA) is 24.5 Å². The van der Waals surface area contributed by atoms with Crippen molar-refractivity contribution >= 4 is 0 Å². The van der Waals surface area contributed by atoms with Gasteiger partial charge in [0.2, 0.25) is 0 Å². The molecule has 1 aliphatic rings. The molecule has 1 aromatic rings. The summed E-state index contributed by atoms with van der Waals surface area (Å²) in [6.45, 7) is 10.5. The molecule has 1 fully saturated rings. The standard InChI is InChI=1S/C17H28N2O/c1-4-16(19-11-12-20-13-14(19)3)17(18-5-2)15-9-7-6-8-10-15/h6-10,14,16-18H,4-5,11-13H2,1-3H3. The lowest BCUT2D eigenvalue weighted by Gasteiger charge is -2.43. The van der Waals surface area contributed by atoms with Crippen LogP contribution in [0.15, 0.2) is 30.3 Å². The van der Waals surface area contributed by atoms with Crippen molar-refractivity contribution in [2.75, 3.05) is 26.3 Å². The Balaban J connectivity index is 2.20. The molecule has 112 valence electrons. The third-order valence-corrected chi connectivity index (χ3v) is 4.23. The lowest BCUT2D eigenvalue weighted by atomic mass is 9.94. The van der Waals surface area contributed by atoms with Crippen molar-refractivity contribution in [1.82, 2.24) is 10.2 Å². The molecule has 3 heteroatoms. The van der Waals surface area contributed by atoms with Crippen LogP contribution < -0.4 is 5.32 Å². The molecule has 0 spiro atoms. The summed E-state index contributed by atoms with van der Waals surface area (Å²) in [5.41, 5.74) is 1.39. The highest BCUT2D eigenvalue weighted by Gasteiger charge is 2.31. The first kappa shape index (κ1) is 15.5. The Labute approximate surface area is 123 Å². The van der Waals surface area contributed by atoms with E-state index in [1.165, 1.54) is 5.56 Å². The zero-order valence-corrected chi connectivity index (χ0v) is 13.0. The van der Waals surface area contributed by atoms with Crippen LogP contribution in [0, 0.1) is 0 Å². The Morgan fingerprint density at radius 2 is 2.05 bits per heavy atom. The minimum Gasteiger partial charge on any atom is -0.379 e. The van der Waals surface area contributed by atoms with Crippen molar-refractivity contribution in [3.63, 3.8) is 0 Å². The van der Waals surface area contributed by atoms with Crippen LogP contribution in [0.5, 0.6) is 0 Å². The van der Waals surface area contributed by atoms with Crippen LogP contribution in [-0.4, -0.2) is 43.3 Å². The molecule has 1 aliphatic heterocycles. The van der Waals surface area contributed by atoms with Crippen molar-refractivity contribution in [1.29, 1.82) is 0 Å². The van der Waals surface area contributed by atoms with E-state index in [9.17, 15) is 0 Å². The molecule has 3 atom stereocenters. The molecule has 20 heavy (non-hydrogen) atoms. The lowest BCUT2D eigenvalue weighted by molar-refractivity contribution is -0.0308. The highest BCUT2D eigenvalue weighted by molar-refractivity contribution is 5.21. The van der Waals surface area contributed by atoms with Gasteiger partial charge in [0.25, 0.3) is 0 Å². The zero-order valence-electron chi connectivity index (χ0n) is 13.0. The van der Waals surface area contributed by atoms with Gasteiger partial charge in [0, 0.05) is 24.7 Å². The fourth-order valence-corrected chi connectivity index (χ4v) is 3.25. The van der Waals surface area contributed by atoms with Crippen LogP contribution >= 0.6 is 0 Å². The van der Waals surface area contributed by atoms with Gasteiger partial charge in [-0.05, 0) is 25.5 Å². The molecule has 1 heterocycles. The number of benzene rings is 1. The maximum Gasteiger partial charge on any atom is 0.0619 e. The van der Waals surface area contributed by atoms with Gasteiger partial charge in [0.05, 0.1) is 13.2 Å². The minimum atomic E-state index is 0.395. The predicted octanol–water partition coefficient (Wildman–Crippen LogP) is 2.84. The van der Waals surface area contributed by atoms with Crippen molar-refractivity contribution in [3.8, 4) is 0 Å². The number of morpholine rings is 1. The van der Waals surface area contributed by atoms with Crippen LogP contribution in [-0.2, 0) is 4.74 Å². The van der Waals surface area contributed by atoms with Gasteiger partial charge in [-0.3, -0.25) is 4.90 Å². The summed E-state index contributed by atoms with van der Waals surface area (Å²) in [5.74, 6) is 0. The third kappa shape index (κ3) is 3.60. The van der Waals surface area contributed by atoms with Gasteiger partial charge < -0.3 is 10.1 Å². The summed E-state index contributed by atoms with van der Waals surface area (Å²) in [4.78, 5) is 2.61. The second kappa shape index (κ2) is 7.77. The Bertz CT molecular complexity index is 382. The second-order valence-corrected chi connectivity index (χ2v) is 5.58. The summed E-state index contributed by atoms with van der Waals surface area (Å²) >= 11 is 0. The van der Waals surface area contributed by atoms with E-state index in [0.29, 0.717) is 18.1 Å². The molecule has 3 unspecified atom stereocenters. The Hall–Kier alpha value is -0.900. The number of hydrogen-bond donors (Lipinski definition) is 1. The summed E-state index contributed by atoms with van der Waals surface area (Å²) in [7, 11) is 0. The molecule has 3 nitrogen and oxygen atoms in total.